The molecule has 30 heavy (non-hydrogen) atoms. The van der Waals surface area contributed by atoms with Crippen LogP contribution in [0.1, 0.15) is 67.3 Å². The smallest absolute Gasteiger partial charge is 0.335 e. The molecule has 0 aliphatic heterocycles. The van der Waals surface area contributed by atoms with Crippen molar-refractivity contribution in [1.82, 2.24) is 10.2 Å². The van der Waals surface area contributed by atoms with Gasteiger partial charge in [0.25, 0.3) is 0 Å². The minimum absolute atomic E-state index is 0.253. The van der Waals surface area contributed by atoms with Gasteiger partial charge in [0.05, 0.1) is 18.6 Å². The molecule has 0 saturated carbocycles. The maximum Gasteiger partial charge on any atom is 0.335 e. The second-order valence-corrected chi connectivity index (χ2v) is 7.32. The fourth-order valence-electron chi connectivity index (χ4n) is 3.15. The number of benzene rings is 2. The van der Waals surface area contributed by atoms with E-state index in [1.807, 2.05) is 24.3 Å². The van der Waals surface area contributed by atoms with Gasteiger partial charge in [-0.25, -0.2) is 4.79 Å². The Morgan fingerprint density at radius 2 is 1.63 bits per heavy atom. The number of hydrogen-bond donors (Lipinski definition) is 1. The average Bonchev–Trinajstić information content (AvgIpc) is 3.22. The molecule has 6 heteroatoms. The molecule has 0 atom stereocenters. The van der Waals surface area contributed by atoms with Crippen molar-refractivity contribution in [1.29, 1.82) is 0 Å². The number of carboxylic acid groups (broad SMARTS) is 1. The highest BCUT2D eigenvalue weighted by Gasteiger charge is 2.10. The number of carboxylic acids is 1. The van der Waals surface area contributed by atoms with Crippen LogP contribution in [0.3, 0.4) is 0 Å². The van der Waals surface area contributed by atoms with E-state index in [1.54, 1.807) is 24.3 Å². The molecule has 0 aliphatic rings. The lowest BCUT2D eigenvalue weighted by molar-refractivity contribution is 0.0697. The first kappa shape index (κ1) is 21.6. The van der Waals surface area contributed by atoms with Gasteiger partial charge >= 0.3 is 5.97 Å². The van der Waals surface area contributed by atoms with E-state index in [2.05, 4.69) is 17.1 Å². The lowest BCUT2D eigenvalue weighted by atomic mass is 10.1. The number of hydrogen-bond acceptors (Lipinski definition) is 5. The van der Waals surface area contributed by atoms with E-state index in [0.29, 0.717) is 18.2 Å². The third-order valence-corrected chi connectivity index (χ3v) is 4.89. The van der Waals surface area contributed by atoms with Gasteiger partial charge in [-0.1, -0.05) is 51.2 Å². The lowest BCUT2D eigenvalue weighted by Gasteiger charge is -2.06. The topological polar surface area (TPSA) is 85.5 Å². The van der Waals surface area contributed by atoms with E-state index in [-0.39, 0.29) is 5.56 Å². The molecular weight excluding hydrogens is 380 g/mol. The van der Waals surface area contributed by atoms with E-state index >= 15 is 0 Å². The Morgan fingerprint density at radius 3 is 2.33 bits per heavy atom. The van der Waals surface area contributed by atoms with Crippen molar-refractivity contribution in [3.8, 4) is 17.2 Å². The molecule has 0 radical (unpaired) electrons. The fourth-order valence-corrected chi connectivity index (χ4v) is 3.15. The number of aromatic nitrogens is 2. The molecule has 3 rings (SSSR count). The van der Waals surface area contributed by atoms with Crippen LogP contribution < -0.4 is 4.74 Å². The highest BCUT2D eigenvalue weighted by Crippen LogP contribution is 2.22. The predicted molar refractivity (Wildman–Crippen MR) is 115 cm³/mol. The molecular formula is C24H28N2O4. The van der Waals surface area contributed by atoms with Gasteiger partial charge in [0.1, 0.15) is 5.75 Å². The van der Waals surface area contributed by atoms with Crippen LogP contribution >= 0.6 is 0 Å². The monoisotopic (exact) mass is 408 g/mol. The molecule has 0 aliphatic carbocycles. The van der Waals surface area contributed by atoms with E-state index in [0.717, 1.165) is 29.9 Å². The molecule has 0 amide bonds. The second kappa shape index (κ2) is 11.1. The van der Waals surface area contributed by atoms with Gasteiger partial charge in [-0.15, -0.1) is 10.2 Å². The van der Waals surface area contributed by atoms with Gasteiger partial charge in [-0.05, 0) is 48.4 Å². The average molecular weight is 408 g/mol. The van der Waals surface area contributed by atoms with Crippen molar-refractivity contribution in [2.24, 2.45) is 0 Å². The molecule has 158 valence electrons. The van der Waals surface area contributed by atoms with Crippen molar-refractivity contribution < 1.29 is 19.1 Å². The van der Waals surface area contributed by atoms with Crippen LogP contribution in [0.4, 0.5) is 0 Å². The van der Waals surface area contributed by atoms with Crippen LogP contribution in [0.15, 0.2) is 52.9 Å². The van der Waals surface area contributed by atoms with Gasteiger partial charge in [-0.2, -0.15) is 0 Å². The van der Waals surface area contributed by atoms with Crippen LogP contribution in [0, 0.1) is 0 Å². The summed E-state index contributed by atoms with van der Waals surface area (Å²) < 4.78 is 11.6. The number of carbonyl (C=O) groups is 1. The Balaban J connectivity index is 1.48. The van der Waals surface area contributed by atoms with Gasteiger partial charge in [0, 0.05) is 5.56 Å². The summed E-state index contributed by atoms with van der Waals surface area (Å²) in [7, 11) is 0. The Morgan fingerprint density at radius 1 is 0.933 bits per heavy atom. The normalized spacial score (nSPS) is 10.8. The number of unbranched alkanes of at least 4 members (excludes halogenated alkanes) is 5. The molecule has 1 heterocycles. The number of nitrogens with zero attached hydrogens (tertiary/aromatic N) is 2. The first-order chi connectivity index (χ1) is 14.7. The molecule has 0 fully saturated rings. The van der Waals surface area contributed by atoms with Crippen LogP contribution in [-0.2, 0) is 6.42 Å². The van der Waals surface area contributed by atoms with Crippen LogP contribution in [0.5, 0.6) is 5.75 Å². The third kappa shape index (κ3) is 6.44. The molecule has 0 bridgehead atoms. The highest BCUT2D eigenvalue weighted by atomic mass is 16.5. The van der Waals surface area contributed by atoms with Gasteiger partial charge in [0.15, 0.2) is 0 Å². The summed E-state index contributed by atoms with van der Waals surface area (Å²) in [5.74, 6) is 0.831. The van der Waals surface area contributed by atoms with E-state index in [1.165, 1.54) is 32.1 Å². The molecule has 3 aromatic rings. The molecule has 0 unspecified atom stereocenters. The standard InChI is InChI=1S/C24H28N2O4/c1-2-3-4-5-6-7-16-29-21-14-12-19(13-15-21)23-26-25-22(30-23)17-18-8-10-20(11-9-18)24(27)28/h8-15H,2-7,16-17H2,1H3,(H,27,28). The zero-order valence-corrected chi connectivity index (χ0v) is 17.3. The lowest BCUT2D eigenvalue weighted by Crippen LogP contribution is -1.97. The summed E-state index contributed by atoms with van der Waals surface area (Å²) in [5.41, 5.74) is 2.00. The van der Waals surface area contributed by atoms with Gasteiger partial charge in [-0.3, -0.25) is 0 Å². The first-order valence-electron chi connectivity index (χ1n) is 10.5. The molecule has 0 spiro atoms. The van der Waals surface area contributed by atoms with E-state index in [4.69, 9.17) is 14.3 Å². The second-order valence-electron chi connectivity index (χ2n) is 7.32. The third-order valence-electron chi connectivity index (χ3n) is 4.89. The largest absolute Gasteiger partial charge is 0.494 e. The van der Waals surface area contributed by atoms with Crippen molar-refractivity contribution in [3.05, 3.63) is 65.5 Å². The number of aromatic carboxylic acids is 1. The van der Waals surface area contributed by atoms with E-state index in [9.17, 15) is 4.79 Å². The summed E-state index contributed by atoms with van der Waals surface area (Å²) in [6.07, 6.45) is 7.91. The summed E-state index contributed by atoms with van der Waals surface area (Å²) in [6.45, 7) is 2.96. The minimum Gasteiger partial charge on any atom is -0.494 e. The Bertz CT molecular complexity index is 917. The number of ether oxygens (including phenoxy) is 1. The van der Waals surface area contributed by atoms with Crippen molar-refractivity contribution >= 4 is 5.97 Å². The summed E-state index contributed by atoms with van der Waals surface area (Å²) in [4.78, 5) is 10.9. The fraction of sp³-hybridized carbons (Fsp3) is 0.375. The highest BCUT2D eigenvalue weighted by molar-refractivity contribution is 5.87. The maximum atomic E-state index is 10.9. The Kier molecular flexibility index (Phi) is 8.01. The maximum absolute atomic E-state index is 10.9. The quantitative estimate of drug-likeness (QED) is 0.383. The van der Waals surface area contributed by atoms with Crippen LogP contribution in [-0.4, -0.2) is 27.9 Å². The van der Waals surface area contributed by atoms with Crippen molar-refractivity contribution in [2.75, 3.05) is 6.61 Å². The van der Waals surface area contributed by atoms with Crippen LogP contribution in [0.2, 0.25) is 0 Å². The van der Waals surface area contributed by atoms with Crippen molar-refractivity contribution in [2.45, 2.75) is 51.9 Å². The molecule has 1 aromatic heterocycles. The summed E-state index contributed by atoms with van der Waals surface area (Å²) >= 11 is 0. The molecule has 2 aromatic carbocycles. The molecule has 1 N–H and O–H groups in total. The summed E-state index contributed by atoms with van der Waals surface area (Å²) in [5, 5.41) is 17.2. The molecule has 0 saturated heterocycles. The zero-order chi connectivity index (χ0) is 21.2. The summed E-state index contributed by atoms with van der Waals surface area (Å²) in [6, 6.07) is 14.3. The molecule has 6 nitrogen and oxygen atoms in total. The Labute approximate surface area is 176 Å². The van der Waals surface area contributed by atoms with E-state index < -0.39 is 5.97 Å². The number of rotatable bonds is 12. The van der Waals surface area contributed by atoms with Crippen LogP contribution in [0.25, 0.3) is 11.5 Å². The SMILES string of the molecule is CCCCCCCCOc1ccc(-c2nnc(Cc3ccc(C(=O)O)cc3)o2)cc1. The zero-order valence-electron chi connectivity index (χ0n) is 17.3. The minimum atomic E-state index is -0.943. The van der Waals surface area contributed by atoms with Gasteiger partial charge < -0.3 is 14.3 Å². The van der Waals surface area contributed by atoms with Gasteiger partial charge in [0.2, 0.25) is 11.8 Å². The van der Waals surface area contributed by atoms with Crippen molar-refractivity contribution in [3.63, 3.8) is 0 Å². The predicted octanol–water partition coefficient (Wildman–Crippen LogP) is 5.76. The first-order valence-corrected chi connectivity index (χ1v) is 10.5. The Hall–Kier alpha value is -3.15.